The minimum absolute atomic E-state index is 0.207. The molecule has 0 aliphatic carbocycles. The number of allylic oxidation sites excluding steroid dienone is 1. The van der Waals surface area contributed by atoms with Crippen molar-refractivity contribution in [2.45, 2.75) is 39.8 Å². The van der Waals surface area contributed by atoms with Crippen molar-refractivity contribution in [3.8, 4) is 5.75 Å². The summed E-state index contributed by atoms with van der Waals surface area (Å²) in [5.74, 6) is 0.0677. The summed E-state index contributed by atoms with van der Waals surface area (Å²) in [7, 11) is 1.57. The molecule has 0 spiro atoms. The van der Waals surface area contributed by atoms with Crippen LogP contribution in [-0.4, -0.2) is 23.8 Å². The standard InChI is InChI=1S/C24H23BrN2O4S2/c1-12(2)31-23(29)20-14(4)26-24-27(21(20)16-10-15(25)6-7-17(16)30-5)22(28)19(33-24)11-18-13(3)8-9-32-18/h6-12,21H,1-5H3/b19-11-/t21-/m1/s1. The number of aromatic nitrogens is 1. The summed E-state index contributed by atoms with van der Waals surface area (Å²) in [5, 5.41) is 2.00. The van der Waals surface area contributed by atoms with E-state index in [4.69, 9.17) is 9.47 Å². The second-order valence-corrected chi connectivity index (χ2v) is 10.8. The number of thiazole rings is 1. The molecule has 172 valence electrons. The molecule has 0 bridgehead atoms. The number of aryl methyl sites for hydroxylation is 1. The van der Waals surface area contributed by atoms with E-state index in [-0.39, 0.29) is 11.7 Å². The Morgan fingerprint density at radius 1 is 1.27 bits per heavy atom. The van der Waals surface area contributed by atoms with E-state index in [2.05, 4.69) is 20.9 Å². The average molecular weight is 547 g/mol. The van der Waals surface area contributed by atoms with Gasteiger partial charge in [0, 0.05) is 14.9 Å². The molecule has 1 aliphatic rings. The first-order valence-corrected chi connectivity index (χ1v) is 12.8. The van der Waals surface area contributed by atoms with Crippen LogP contribution >= 0.6 is 38.6 Å². The Balaban J connectivity index is 2.02. The number of halogens is 1. The van der Waals surface area contributed by atoms with E-state index in [9.17, 15) is 9.59 Å². The van der Waals surface area contributed by atoms with E-state index < -0.39 is 12.0 Å². The van der Waals surface area contributed by atoms with Gasteiger partial charge in [0.25, 0.3) is 5.56 Å². The highest BCUT2D eigenvalue weighted by molar-refractivity contribution is 9.10. The fraction of sp³-hybridized carbons (Fsp3) is 0.292. The van der Waals surface area contributed by atoms with Crippen LogP contribution in [-0.2, 0) is 9.53 Å². The Morgan fingerprint density at radius 2 is 2.03 bits per heavy atom. The summed E-state index contributed by atoms with van der Waals surface area (Å²) in [5.41, 5.74) is 2.42. The van der Waals surface area contributed by atoms with Crippen LogP contribution in [0.1, 0.15) is 42.8 Å². The maximum Gasteiger partial charge on any atom is 0.338 e. The molecule has 0 unspecified atom stereocenters. The van der Waals surface area contributed by atoms with Crippen molar-refractivity contribution < 1.29 is 14.3 Å². The van der Waals surface area contributed by atoms with Gasteiger partial charge in [0.2, 0.25) is 0 Å². The highest BCUT2D eigenvalue weighted by Gasteiger charge is 2.35. The maximum absolute atomic E-state index is 13.7. The minimum Gasteiger partial charge on any atom is -0.496 e. The summed E-state index contributed by atoms with van der Waals surface area (Å²) in [4.78, 5) is 33.1. The average Bonchev–Trinajstić information content (AvgIpc) is 3.29. The molecule has 1 aromatic carbocycles. The van der Waals surface area contributed by atoms with Crippen LogP contribution in [0.15, 0.2) is 55.2 Å². The van der Waals surface area contributed by atoms with Gasteiger partial charge in [-0.25, -0.2) is 9.79 Å². The molecule has 0 saturated carbocycles. The lowest BCUT2D eigenvalue weighted by Gasteiger charge is -2.26. The first-order chi connectivity index (χ1) is 15.7. The summed E-state index contributed by atoms with van der Waals surface area (Å²) in [6.07, 6.45) is 1.58. The van der Waals surface area contributed by atoms with Crippen molar-refractivity contribution in [3.05, 3.63) is 81.1 Å². The molecule has 3 heterocycles. The van der Waals surface area contributed by atoms with Crippen molar-refractivity contribution in [3.63, 3.8) is 0 Å². The zero-order valence-electron chi connectivity index (χ0n) is 18.8. The third-order valence-electron chi connectivity index (χ3n) is 5.23. The topological polar surface area (TPSA) is 69.9 Å². The van der Waals surface area contributed by atoms with Gasteiger partial charge in [-0.05, 0) is 69.0 Å². The fourth-order valence-electron chi connectivity index (χ4n) is 3.72. The van der Waals surface area contributed by atoms with E-state index in [1.54, 1.807) is 43.8 Å². The molecular formula is C24H23BrN2O4S2. The number of benzene rings is 1. The number of nitrogens with zero attached hydrogens (tertiary/aromatic N) is 2. The van der Waals surface area contributed by atoms with Gasteiger partial charge in [0.05, 0.1) is 29.0 Å². The van der Waals surface area contributed by atoms with Crippen molar-refractivity contribution in [2.75, 3.05) is 7.11 Å². The van der Waals surface area contributed by atoms with Crippen LogP contribution in [0.25, 0.3) is 6.08 Å². The number of thiophene rings is 1. The highest BCUT2D eigenvalue weighted by atomic mass is 79.9. The first-order valence-electron chi connectivity index (χ1n) is 10.3. The lowest BCUT2D eigenvalue weighted by Crippen LogP contribution is -2.40. The van der Waals surface area contributed by atoms with E-state index in [0.717, 1.165) is 14.9 Å². The Bertz CT molecular complexity index is 1450. The van der Waals surface area contributed by atoms with Gasteiger partial charge >= 0.3 is 5.97 Å². The van der Waals surface area contributed by atoms with Crippen LogP contribution in [0, 0.1) is 6.92 Å². The molecule has 3 aromatic rings. The van der Waals surface area contributed by atoms with Gasteiger partial charge < -0.3 is 9.47 Å². The Morgan fingerprint density at radius 3 is 2.67 bits per heavy atom. The van der Waals surface area contributed by atoms with Crippen LogP contribution < -0.4 is 19.6 Å². The number of rotatable bonds is 5. The molecule has 0 N–H and O–H groups in total. The van der Waals surface area contributed by atoms with Crippen LogP contribution in [0.2, 0.25) is 0 Å². The molecule has 0 fully saturated rings. The van der Waals surface area contributed by atoms with Crippen molar-refractivity contribution in [1.29, 1.82) is 0 Å². The van der Waals surface area contributed by atoms with Gasteiger partial charge in [-0.3, -0.25) is 9.36 Å². The van der Waals surface area contributed by atoms with Crippen molar-refractivity contribution >= 4 is 50.6 Å². The number of ether oxygens (including phenoxy) is 2. The third kappa shape index (κ3) is 4.49. The quantitative estimate of drug-likeness (QED) is 0.446. The molecule has 0 amide bonds. The van der Waals surface area contributed by atoms with Gasteiger partial charge in [-0.2, -0.15) is 0 Å². The number of methoxy groups -OCH3 is 1. The number of carbonyl (C=O) groups excluding carboxylic acids is 1. The molecule has 33 heavy (non-hydrogen) atoms. The zero-order valence-corrected chi connectivity index (χ0v) is 22.1. The summed E-state index contributed by atoms with van der Waals surface area (Å²) >= 11 is 6.41. The van der Waals surface area contributed by atoms with Gasteiger partial charge in [0.1, 0.15) is 11.8 Å². The third-order valence-corrected chi connectivity index (χ3v) is 7.68. The molecule has 2 aromatic heterocycles. The van der Waals surface area contributed by atoms with E-state index >= 15 is 0 Å². The van der Waals surface area contributed by atoms with E-state index in [1.807, 2.05) is 42.6 Å². The second-order valence-electron chi connectivity index (χ2n) is 7.89. The largest absolute Gasteiger partial charge is 0.496 e. The van der Waals surface area contributed by atoms with Crippen LogP contribution in [0.3, 0.4) is 0 Å². The van der Waals surface area contributed by atoms with Gasteiger partial charge in [-0.15, -0.1) is 11.3 Å². The lowest BCUT2D eigenvalue weighted by molar-refractivity contribution is -0.143. The van der Waals surface area contributed by atoms with Crippen LogP contribution in [0.5, 0.6) is 5.75 Å². The van der Waals surface area contributed by atoms with E-state index in [1.165, 1.54) is 11.3 Å². The van der Waals surface area contributed by atoms with E-state index in [0.29, 0.717) is 31.9 Å². The fourth-order valence-corrected chi connectivity index (χ4v) is 6.07. The number of fused-ring (bicyclic) bond motifs is 1. The monoisotopic (exact) mass is 546 g/mol. The van der Waals surface area contributed by atoms with Gasteiger partial charge in [0.15, 0.2) is 4.80 Å². The van der Waals surface area contributed by atoms with Crippen molar-refractivity contribution in [2.24, 2.45) is 4.99 Å². The Hall–Kier alpha value is -2.49. The maximum atomic E-state index is 13.7. The van der Waals surface area contributed by atoms with Crippen LogP contribution in [0.4, 0.5) is 0 Å². The molecule has 1 atom stereocenters. The number of hydrogen-bond donors (Lipinski definition) is 0. The summed E-state index contributed by atoms with van der Waals surface area (Å²) < 4.78 is 14.1. The molecule has 4 rings (SSSR count). The molecule has 0 radical (unpaired) electrons. The summed E-state index contributed by atoms with van der Waals surface area (Å²) in [6, 6.07) is 6.82. The normalized spacial score (nSPS) is 16.1. The molecule has 9 heteroatoms. The lowest BCUT2D eigenvalue weighted by atomic mass is 9.95. The minimum atomic E-state index is -0.730. The molecular weight excluding hydrogens is 524 g/mol. The second kappa shape index (κ2) is 9.40. The molecule has 0 saturated heterocycles. The first kappa shape index (κ1) is 23.7. The summed E-state index contributed by atoms with van der Waals surface area (Å²) in [6.45, 7) is 7.37. The molecule has 6 nitrogen and oxygen atoms in total. The predicted molar refractivity (Wildman–Crippen MR) is 135 cm³/mol. The number of hydrogen-bond acceptors (Lipinski definition) is 7. The Kier molecular flexibility index (Phi) is 6.74. The zero-order chi connectivity index (χ0) is 23.9. The SMILES string of the molecule is COc1ccc(Br)cc1[C@@H]1C(C(=O)OC(C)C)=C(C)N=c2s/c(=C\c3sccc3C)c(=O)n21. The highest BCUT2D eigenvalue weighted by Crippen LogP contribution is 2.37. The molecule has 1 aliphatic heterocycles. The van der Waals surface area contributed by atoms with Crippen molar-refractivity contribution in [1.82, 2.24) is 4.57 Å². The van der Waals surface area contributed by atoms with Gasteiger partial charge in [-0.1, -0.05) is 27.3 Å². The Labute approximate surface area is 207 Å². The predicted octanol–water partition coefficient (Wildman–Crippen LogP) is 4.33. The number of esters is 1. The smallest absolute Gasteiger partial charge is 0.338 e. The number of carbonyl (C=O) groups is 1.